The predicted octanol–water partition coefficient (Wildman–Crippen LogP) is 0.604. The number of rotatable bonds is 1. The average molecular weight is 193 g/mol. The van der Waals surface area contributed by atoms with Gasteiger partial charge in [-0.25, -0.2) is 4.79 Å². The molecule has 2 aliphatic rings. The van der Waals surface area contributed by atoms with E-state index in [1.165, 1.54) is 12.0 Å². The van der Waals surface area contributed by atoms with E-state index < -0.39 is 5.97 Å². The Morgan fingerprint density at radius 1 is 1.71 bits per heavy atom. The second-order valence-corrected chi connectivity index (χ2v) is 3.25. The standard InChI is InChI=1S/C10H11NO3/c1-3-6-7-4-5-8(10(13)14-2)11(7)9(6)12/h3,5,7H,4H2,1-2H3/b6-3+/t7-/m1/s1. The van der Waals surface area contributed by atoms with E-state index in [0.717, 1.165) is 12.0 Å². The quantitative estimate of drug-likeness (QED) is 0.348. The molecule has 0 N–H and O–H groups in total. The molecule has 0 radical (unpaired) electrons. The lowest BCUT2D eigenvalue weighted by Crippen LogP contribution is -2.52. The number of carbonyl (C=O) groups is 2. The van der Waals surface area contributed by atoms with Gasteiger partial charge in [0.1, 0.15) is 5.70 Å². The van der Waals surface area contributed by atoms with E-state index in [1.54, 1.807) is 12.2 Å². The van der Waals surface area contributed by atoms with Crippen molar-refractivity contribution in [2.45, 2.75) is 19.4 Å². The number of fused-ring (bicyclic) bond motifs is 1. The Bertz CT molecular complexity index is 368. The van der Waals surface area contributed by atoms with Crippen LogP contribution in [0.1, 0.15) is 13.3 Å². The largest absolute Gasteiger partial charge is 0.464 e. The van der Waals surface area contributed by atoms with Gasteiger partial charge < -0.3 is 4.74 Å². The summed E-state index contributed by atoms with van der Waals surface area (Å²) in [5.41, 5.74) is 1.17. The lowest BCUT2D eigenvalue weighted by molar-refractivity contribution is -0.144. The molecule has 14 heavy (non-hydrogen) atoms. The summed E-state index contributed by atoms with van der Waals surface area (Å²) in [6.45, 7) is 1.83. The van der Waals surface area contributed by atoms with Crippen LogP contribution in [0.25, 0.3) is 0 Å². The lowest BCUT2D eigenvalue weighted by atomic mass is 9.95. The maximum Gasteiger partial charge on any atom is 0.354 e. The van der Waals surface area contributed by atoms with Gasteiger partial charge in [-0.05, 0) is 13.3 Å². The third kappa shape index (κ3) is 0.937. The first-order valence-corrected chi connectivity index (χ1v) is 4.49. The summed E-state index contributed by atoms with van der Waals surface area (Å²) in [5, 5.41) is 0. The number of ether oxygens (including phenoxy) is 1. The van der Waals surface area contributed by atoms with E-state index in [-0.39, 0.29) is 11.9 Å². The summed E-state index contributed by atoms with van der Waals surface area (Å²) in [6.07, 6.45) is 4.28. The maximum atomic E-state index is 11.5. The third-order valence-electron chi connectivity index (χ3n) is 2.64. The van der Waals surface area contributed by atoms with Crippen LogP contribution in [0.3, 0.4) is 0 Å². The number of allylic oxidation sites excluding steroid dienone is 1. The first-order valence-electron chi connectivity index (χ1n) is 4.49. The first-order chi connectivity index (χ1) is 6.70. The Morgan fingerprint density at radius 3 is 3.00 bits per heavy atom. The number of nitrogens with zero attached hydrogens (tertiary/aromatic N) is 1. The fourth-order valence-corrected chi connectivity index (χ4v) is 1.93. The number of β-lactam (4-membered cyclic amide) rings is 1. The van der Waals surface area contributed by atoms with Crippen molar-refractivity contribution in [1.29, 1.82) is 0 Å². The number of carbonyl (C=O) groups excluding carboxylic acids is 2. The molecule has 0 bridgehead atoms. The van der Waals surface area contributed by atoms with Crippen LogP contribution < -0.4 is 0 Å². The van der Waals surface area contributed by atoms with Crippen molar-refractivity contribution in [3.8, 4) is 0 Å². The zero-order chi connectivity index (χ0) is 10.3. The van der Waals surface area contributed by atoms with E-state index in [2.05, 4.69) is 4.74 Å². The monoisotopic (exact) mass is 193 g/mol. The van der Waals surface area contributed by atoms with Gasteiger partial charge in [0.2, 0.25) is 0 Å². The molecular formula is C10H11NO3. The molecule has 1 atom stereocenters. The van der Waals surface area contributed by atoms with Gasteiger partial charge in [-0.3, -0.25) is 9.69 Å². The maximum absolute atomic E-state index is 11.5. The highest BCUT2D eigenvalue weighted by Crippen LogP contribution is 2.38. The molecule has 0 unspecified atom stereocenters. The molecule has 0 saturated carbocycles. The van der Waals surface area contributed by atoms with Gasteiger partial charge in [-0.2, -0.15) is 0 Å². The number of hydrogen-bond donors (Lipinski definition) is 0. The van der Waals surface area contributed by atoms with E-state index in [1.807, 2.05) is 6.92 Å². The topological polar surface area (TPSA) is 46.6 Å². The van der Waals surface area contributed by atoms with E-state index >= 15 is 0 Å². The number of amides is 1. The second-order valence-electron chi connectivity index (χ2n) is 3.25. The highest BCUT2D eigenvalue weighted by molar-refractivity contribution is 6.08. The molecule has 1 amide bonds. The lowest BCUT2D eigenvalue weighted by Gasteiger charge is -2.38. The molecule has 0 aliphatic carbocycles. The van der Waals surface area contributed by atoms with Crippen molar-refractivity contribution >= 4 is 11.9 Å². The van der Waals surface area contributed by atoms with Crippen molar-refractivity contribution in [2.24, 2.45) is 0 Å². The smallest absolute Gasteiger partial charge is 0.354 e. The molecule has 0 aromatic heterocycles. The molecule has 4 nitrogen and oxygen atoms in total. The average Bonchev–Trinajstić information content (AvgIpc) is 2.57. The van der Waals surface area contributed by atoms with Crippen molar-refractivity contribution in [3.05, 3.63) is 23.4 Å². The SMILES string of the molecule is C/C=C1/C(=O)N2C(C(=O)OC)=CC[C@H]12. The normalized spacial score (nSPS) is 27.1. The molecule has 2 rings (SSSR count). The van der Waals surface area contributed by atoms with E-state index in [0.29, 0.717) is 5.70 Å². The molecular weight excluding hydrogens is 182 g/mol. The van der Waals surface area contributed by atoms with Gasteiger partial charge in [-0.15, -0.1) is 0 Å². The van der Waals surface area contributed by atoms with Crippen LogP contribution in [-0.4, -0.2) is 29.9 Å². The molecule has 2 heterocycles. The van der Waals surface area contributed by atoms with Crippen LogP contribution in [0.4, 0.5) is 0 Å². The summed E-state index contributed by atoms with van der Waals surface area (Å²) in [7, 11) is 1.32. The van der Waals surface area contributed by atoms with Gasteiger partial charge in [0.25, 0.3) is 5.91 Å². The van der Waals surface area contributed by atoms with E-state index in [9.17, 15) is 9.59 Å². The zero-order valence-corrected chi connectivity index (χ0v) is 8.11. The minimum Gasteiger partial charge on any atom is -0.464 e. The Balaban J connectivity index is 2.22. The molecule has 0 spiro atoms. The van der Waals surface area contributed by atoms with Crippen LogP contribution in [-0.2, 0) is 14.3 Å². The fraction of sp³-hybridized carbons (Fsp3) is 0.400. The number of hydrogen-bond acceptors (Lipinski definition) is 3. The van der Waals surface area contributed by atoms with Gasteiger partial charge in [0, 0.05) is 5.57 Å². The Morgan fingerprint density at radius 2 is 2.43 bits per heavy atom. The van der Waals surface area contributed by atoms with Crippen LogP contribution >= 0.6 is 0 Å². The van der Waals surface area contributed by atoms with Crippen molar-refractivity contribution in [3.63, 3.8) is 0 Å². The molecule has 1 fully saturated rings. The van der Waals surface area contributed by atoms with Crippen molar-refractivity contribution in [2.75, 3.05) is 7.11 Å². The van der Waals surface area contributed by atoms with Gasteiger partial charge in [0.15, 0.2) is 0 Å². The van der Waals surface area contributed by atoms with Gasteiger partial charge >= 0.3 is 5.97 Å². The number of esters is 1. The van der Waals surface area contributed by atoms with E-state index in [4.69, 9.17) is 0 Å². The van der Waals surface area contributed by atoms with Gasteiger partial charge in [-0.1, -0.05) is 12.2 Å². The molecule has 0 aromatic rings. The van der Waals surface area contributed by atoms with Crippen molar-refractivity contribution in [1.82, 2.24) is 4.90 Å². The second kappa shape index (κ2) is 2.97. The Kier molecular flexibility index (Phi) is 1.91. The highest BCUT2D eigenvalue weighted by Gasteiger charge is 2.48. The summed E-state index contributed by atoms with van der Waals surface area (Å²) < 4.78 is 4.58. The van der Waals surface area contributed by atoms with Gasteiger partial charge in [0.05, 0.1) is 13.2 Å². The molecule has 4 heteroatoms. The molecule has 2 aliphatic heterocycles. The minimum atomic E-state index is -0.434. The summed E-state index contributed by atoms with van der Waals surface area (Å²) >= 11 is 0. The van der Waals surface area contributed by atoms with Crippen LogP contribution in [0.5, 0.6) is 0 Å². The Hall–Kier alpha value is -1.58. The fourth-order valence-electron chi connectivity index (χ4n) is 1.93. The zero-order valence-electron chi connectivity index (χ0n) is 8.11. The third-order valence-corrected chi connectivity index (χ3v) is 2.64. The van der Waals surface area contributed by atoms with Crippen LogP contribution in [0.2, 0.25) is 0 Å². The minimum absolute atomic E-state index is 0.0709. The first kappa shape index (κ1) is 8.99. The van der Waals surface area contributed by atoms with Crippen LogP contribution in [0.15, 0.2) is 23.4 Å². The Labute approximate surface area is 81.8 Å². The molecule has 74 valence electrons. The van der Waals surface area contributed by atoms with Crippen molar-refractivity contribution < 1.29 is 14.3 Å². The number of methoxy groups -OCH3 is 1. The summed E-state index contributed by atoms with van der Waals surface area (Å²) in [4.78, 5) is 24.3. The molecule has 0 aromatic carbocycles. The predicted molar refractivity (Wildman–Crippen MR) is 49.1 cm³/mol. The molecule has 1 saturated heterocycles. The summed E-state index contributed by atoms with van der Waals surface area (Å²) in [5.74, 6) is -0.511. The summed E-state index contributed by atoms with van der Waals surface area (Å²) in [6, 6.07) is 0.0709. The highest BCUT2D eigenvalue weighted by atomic mass is 16.5. The van der Waals surface area contributed by atoms with Crippen LogP contribution in [0, 0.1) is 0 Å².